The van der Waals surface area contributed by atoms with Gasteiger partial charge in [-0.1, -0.05) is 91.0 Å². The summed E-state index contributed by atoms with van der Waals surface area (Å²) in [4.78, 5) is 15.7. The Morgan fingerprint density at radius 3 is 2.12 bits per heavy atom. The fraction of sp³-hybridized carbons (Fsp3) is 0.233. The van der Waals surface area contributed by atoms with Gasteiger partial charge in [-0.3, -0.25) is 4.79 Å². The number of amides is 1. The summed E-state index contributed by atoms with van der Waals surface area (Å²) in [5.41, 5.74) is 3.05. The SMILES string of the molecule is O=C1c2ccc3ccccc3c2OC2N1CCCC2(Cc1ccccc1)Cc1ccccc1. The Hall–Kier alpha value is -3.59. The number of hydrogen-bond acceptors (Lipinski definition) is 2. The molecule has 0 N–H and O–H groups in total. The first-order valence-electron chi connectivity index (χ1n) is 11.8. The van der Waals surface area contributed by atoms with Gasteiger partial charge in [-0.15, -0.1) is 0 Å². The fourth-order valence-corrected chi connectivity index (χ4v) is 5.79. The summed E-state index contributed by atoms with van der Waals surface area (Å²) in [6, 6.07) is 33.4. The number of piperidine rings is 1. The van der Waals surface area contributed by atoms with Gasteiger partial charge in [0.25, 0.3) is 5.91 Å². The molecular formula is C30H27NO2. The summed E-state index contributed by atoms with van der Waals surface area (Å²) in [7, 11) is 0. The van der Waals surface area contributed by atoms with Gasteiger partial charge in [0.15, 0.2) is 6.23 Å². The lowest BCUT2D eigenvalue weighted by molar-refractivity contribution is -0.0935. The van der Waals surface area contributed by atoms with Crippen molar-refractivity contribution in [1.29, 1.82) is 0 Å². The van der Waals surface area contributed by atoms with E-state index in [4.69, 9.17) is 4.74 Å². The van der Waals surface area contributed by atoms with Crippen molar-refractivity contribution in [3.8, 4) is 5.75 Å². The predicted molar refractivity (Wildman–Crippen MR) is 131 cm³/mol. The largest absolute Gasteiger partial charge is 0.468 e. The third kappa shape index (κ3) is 3.48. The lowest BCUT2D eigenvalue weighted by atomic mass is 9.69. The molecular weight excluding hydrogens is 406 g/mol. The summed E-state index contributed by atoms with van der Waals surface area (Å²) in [5.74, 6) is 0.837. The number of fused-ring (bicyclic) bond motifs is 4. The Labute approximate surface area is 194 Å². The van der Waals surface area contributed by atoms with Crippen LogP contribution in [0.4, 0.5) is 0 Å². The number of carbonyl (C=O) groups excluding carboxylic acids is 1. The molecule has 0 aromatic heterocycles. The Bertz CT molecular complexity index is 1260. The number of rotatable bonds is 4. The lowest BCUT2D eigenvalue weighted by Crippen LogP contribution is -2.61. The molecule has 2 aliphatic heterocycles. The summed E-state index contributed by atoms with van der Waals surface area (Å²) in [5, 5.41) is 2.12. The van der Waals surface area contributed by atoms with Crippen LogP contribution in [0.15, 0.2) is 97.1 Å². The maximum atomic E-state index is 13.7. The van der Waals surface area contributed by atoms with Crippen LogP contribution in [0.5, 0.6) is 5.75 Å². The topological polar surface area (TPSA) is 29.5 Å². The van der Waals surface area contributed by atoms with Gasteiger partial charge in [0.05, 0.1) is 5.56 Å². The summed E-state index contributed by atoms with van der Waals surface area (Å²) in [6.45, 7) is 0.737. The van der Waals surface area contributed by atoms with Crippen molar-refractivity contribution in [3.63, 3.8) is 0 Å². The van der Waals surface area contributed by atoms with Crippen LogP contribution in [0.2, 0.25) is 0 Å². The van der Waals surface area contributed by atoms with E-state index in [1.54, 1.807) is 0 Å². The fourth-order valence-electron chi connectivity index (χ4n) is 5.79. The molecule has 0 bridgehead atoms. The van der Waals surface area contributed by atoms with Crippen LogP contribution in [-0.4, -0.2) is 23.6 Å². The van der Waals surface area contributed by atoms with Crippen LogP contribution in [0.25, 0.3) is 10.8 Å². The second-order valence-electron chi connectivity index (χ2n) is 9.42. The summed E-state index contributed by atoms with van der Waals surface area (Å²) >= 11 is 0. The van der Waals surface area contributed by atoms with Crippen molar-refractivity contribution in [2.75, 3.05) is 6.54 Å². The predicted octanol–water partition coefficient (Wildman–Crippen LogP) is 6.27. The molecule has 1 amide bonds. The lowest BCUT2D eigenvalue weighted by Gasteiger charge is -2.52. The van der Waals surface area contributed by atoms with E-state index in [1.807, 2.05) is 29.2 Å². The molecule has 3 nitrogen and oxygen atoms in total. The first-order valence-corrected chi connectivity index (χ1v) is 11.8. The monoisotopic (exact) mass is 433 g/mol. The summed E-state index contributed by atoms with van der Waals surface area (Å²) < 4.78 is 6.89. The van der Waals surface area contributed by atoms with E-state index >= 15 is 0 Å². The molecule has 2 heterocycles. The van der Waals surface area contributed by atoms with Gasteiger partial charge in [-0.05, 0) is 48.3 Å². The van der Waals surface area contributed by atoms with E-state index in [2.05, 4.69) is 72.8 Å². The molecule has 0 saturated carbocycles. The minimum atomic E-state index is -0.294. The quantitative estimate of drug-likeness (QED) is 0.380. The molecule has 4 aromatic carbocycles. The molecule has 0 aliphatic carbocycles. The van der Waals surface area contributed by atoms with Crippen LogP contribution < -0.4 is 4.74 Å². The maximum absolute atomic E-state index is 13.7. The van der Waals surface area contributed by atoms with Gasteiger partial charge >= 0.3 is 0 Å². The van der Waals surface area contributed by atoms with Gasteiger partial charge in [0, 0.05) is 17.3 Å². The molecule has 1 saturated heterocycles. The van der Waals surface area contributed by atoms with E-state index < -0.39 is 0 Å². The number of hydrogen-bond donors (Lipinski definition) is 0. The highest BCUT2D eigenvalue weighted by Crippen LogP contribution is 2.47. The van der Waals surface area contributed by atoms with Gasteiger partial charge in [-0.25, -0.2) is 0 Å². The molecule has 2 aliphatic rings. The van der Waals surface area contributed by atoms with Crippen molar-refractivity contribution >= 4 is 16.7 Å². The average Bonchev–Trinajstić information content (AvgIpc) is 2.86. The molecule has 0 radical (unpaired) electrons. The van der Waals surface area contributed by atoms with Crippen LogP contribution in [-0.2, 0) is 12.8 Å². The first kappa shape index (κ1) is 20.0. The van der Waals surface area contributed by atoms with Crippen molar-refractivity contribution in [3.05, 3.63) is 114 Å². The Morgan fingerprint density at radius 2 is 1.42 bits per heavy atom. The normalized spacial score (nSPS) is 19.0. The summed E-state index contributed by atoms with van der Waals surface area (Å²) in [6.07, 6.45) is 3.45. The Kier molecular flexibility index (Phi) is 4.91. The van der Waals surface area contributed by atoms with E-state index in [9.17, 15) is 4.79 Å². The van der Waals surface area contributed by atoms with E-state index in [-0.39, 0.29) is 17.6 Å². The molecule has 1 fully saturated rings. The van der Waals surface area contributed by atoms with Gasteiger partial charge in [0.2, 0.25) is 0 Å². The number of benzene rings is 4. The van der Waals surface area contributed by atoms with Crippen LogP contribution >= 0.6 is 0 Å². The molecule has 6 rings (SSSR count). The van der Waals surface area contributed by atoms with Crippen molar-refractivity contribution in [2.24, 2.45) is 5.41 Å². The Balaban J connectivity index is 1.49. The van der Waals surface area contributed by atoms with E-state index in [0.717, 1.165) is 48.8 Å². The standard InChI is InChI=1S/C30H27NO2/c32-28-26-17-16-24-14-7-8-15-25(24)27(26)33-29-30(18-9-19-31(28)29,20-22-10-3-1-4-11-22)21-23-12-5-2-6-13-23/h1-8,10-17,29H,9,18-21H2. The average molecular weight is 434 g/mol. The third-order valence-corrected chi connectivity index (χ3v) is 7.28. The van der Waals surface area contributed by atoms with E-state index in [0.29, 0.717) is 5.56 Å². The maximum Gasteiger partial charge on any atom is 0.260 e. The molecule has 164 valence electrons. The molecule has 1 atom stereocenters. The molecule has 33 heavy (non-hydrogen) atoms. The second-order valence-corrected chi connectivity index (χ2v) is 9.42. The number of ether oxygens (including phenoxy) is 1. The van der Waals surface area contributed by atoms with Gasteiger partial charge in [-0.2, -0.15) is 0 Å². The number of nitrogens with zero attached hydrogens (tertiary/aromatic N) is 1. The van der Waals surface area contributed by atoms with Gasteiger partial charge < -0.3 is 9.64 Å². The molecule has 1 unspecified atom stereocenters. The van der Waals surface area contributed by atoms with Crippen molar-refractivity contribution in [1.82, 2.24) is 4.90 Å². The number of carbonyl (C=O) groups is 1. The van der Waals surface area contributed by atoms with E-state index in [1.165, 1.54) is 11.1 Å². The van der Waals surface area contributed by atoms with Crippen molar-refractivity contribution < 1.29 is 9.53 Å². The van der Waals surface area contributed by atoms with Crippen LogP contribution in [0, 0.1) is 5.41 Å². The zero-order valence-electron chi connectivity index (χ0n) is 18.6. The second kappa shape index (κ2) is 8.08. The zero-order chi connectivity index (χ0) is 22.3. The van der Waals surface area contributed by atoms with Crippen LogP contribution in [0.1, 0.15) is 34.3 Å². The smallest absolute Gasteiger partial charge is 0.260 e. The highest BCUT2D eigenvalue weighted by Gasteiger charge is 2.51. The van der Waals surface area contributed by atoms with Crippen LogP contribution in [0.3, 0.4) is 0 Å². The highest BCUT2D eigenvalue weighted by molar-refractivity contribution is 6.04. The Morgan fingerprint density at radius 1 is 0.788 bits per heavy atom. The highest BCUT2D eigenvalue weighted by atomic mass is 16.5. The minimum absolute atomic E-state index is 0.0946. The third-order valence-electron chi connectivity index (χ3n) is 7.28. The van der Waals surface area contributed by atoms with Gasteiger partial charge in [0.1, 0.15) is 5.75 Å². The minimum Gasteiger partial charge on any atom is -0.468 e. The molecule has 0 spiro atoms. The first-order chi connectivity index (χ1) is 16.2. The molecule has 3 heteroatoms. The van der Waals surface area contributed by atoms with Crippen molar-refractivity contribution in [2.45, 2.75) is 31.9 Å². The zero-order valence-corrected chi connectivity index (χ0v) is 18.6. The molecule has 4 aromatic rings.